The number of hydrogen-bond donors (Lipinski definition) is 2. The van der Waals surface area contributed by atoms with Crippen LogP contribution in [0.4, 0.5) is 15.9 Å². The second-order valence-corrected chi connectivity index (χ2v) is 4.84. The van der Waals surface area contributed by atoms with Crippen molar-refractivity contribution in [3.05, 3.63) is 72.3 Å². The van der Waals surface area contributed by atoms with E-state index in [1.807, 2.05) is 0 Å². The lowest BCUT2D eigenvalue weighted by Crippen LogP contribution is -2.14. The molecule has 2 aromatic heterocycles. The topological polar surface area (TPSA) is 80.9 Å². The lowest BCUT2D eigenvalue weighted by Gasteiger charge is -2.09. The highest BCUT2D eigenvalue weighted by Gasteiger charge is 2.11. The second kappa shape index (κ2) is 6.23. The first-order valence-electron chi connectivity index (χ1n) is 6.87. The van der Waals surface area contributed by atoms with Crippen LogP contribution < -0.4 is 11.1 Å². The summed E-state index contributed by atoms with van der Waals surface area (Å²) in [5.41, 5.74) is 7.92. The number of nitrogens with zero attached hydrogens (tertiary/aromatic N) is 2. The van der Waals surface area contributed by atoms with Gasteiger partial charge in [0, 0.05) is 18.0 Å². The van der Waals surface area contributed by atoms with Crippen LogP contribution in [0.25, 0.3) is 11.3 Å². The summed E-state index contributed by atoms with van der Waals surface area (Å²) >= 11 is 0. The summed E-state index contributed by atoms with van der Waals surface area (Å²) in [5.74, 6) is -0.427. The van der Waals surface area contributed by atoms with Gasteiger partial charge in [-0.2, -0.15) is 0 Å². The molecule has 0 aliphatic heterocycles. The fraction of sp³-hybridized carbons (Fsp3) is 0. The Morgan fingerprint density at radius 3 is 2.57 bits per heavy atom. The van der Waals surface area contributed by atoms with Crippen molar-refractivity contribution >= 4 is 17.4 Å². The third-order valence-electron chi connectivity index (χ3n) is 3.22. The van der Waals surface area contributed by atoms with Gasteiger partial charge >= 0.3 is 0 Å². The van der Waals surface area contributed by atoms with Gasteiger partial charge in [0.2, 0.25) is 0 Å². The zero-order chi connectivity index (χ0) is 16.2. The summed E-state index contributed by atoms with van der Waals surface area (Å²) in [6.07, 6.45) is 3.04. The average molecular weight is 308 g/mol. The Kier molecular flexibility index (Phi) is 3.97. The van der Waals surface area contributed by atoms with Gasteiger partial charge in [0.05, 0.1) is 16.9 Å². The highest BCUT2D eigenvalue weighted by molar-refractivity contribution is 6.04. The molecule has 0 unspecified atom stereocenters. The van der Waals surface area contributed by atoms with E-state index in [0.29, 0.717) is 16.9 Å². The molecule has 3 aromatic rings. The Bertz CT molecular complexity index is 835. The van der Waals surface area contributed by atoms with E-state index < -0.39 is 0 Å². The Labute approximate surface area is 132 Å². The minimum Gasteiger partial charge on any atom is -0.396 e. The van der Waals surface area contributed by atoms with E-state index in [2.05, 4.69) is 15.3 Å². The number of anilines is 2. The van der Waals surface area contributed by atoms with Crippen molar-refractivity contribution in [3.8, 4) is 11.3 Å². The molecule has 0 spiro atoms. The first-order chi connectivity index (χ1) is 11.1. The number of halogens is 1. The largest absolute Gasteiger partial charge is 0.396 e. The summed E-state index contributed by atoms with van der Waals surface area (Å²) < 4.78 is 13.0. The number of nitrogens with one attached hydrogen (secondary N) is 1. The van der Waals surface area contributed by atoms with Gasteiger partial charge < -0.3 is 11.1 Å². The van der Waals surface area contributed by atoms with Gasteiger partial charge in [-0.25, -0.2) is 9.37 Å². The van der Waals surface area contributed by atoms with Crippen molar-refractivity contribution in [2.45, 2.75) is 0 Å². The lowest BCUT2D eigenvalue weighted by molar-refractivity contribution is 0.102. The molecule has 0 atom stereocenters. The molecule has 1 amide bonds. The molecule has 3 rings (SSSR count). The van der Waals surface area contributed by atoms with Crippen molar-refractivity contribution in [1.82, 2.24) is 9.97 Å². The van der Waals surface area contributed by atoms with Crippen LogP contribution in [0.1, 0.15) is 10.4 Å². The number of pyridine rings is 2. The molecule has 0 bridgehead atoms. The predicted molar refractivity (Wildman–Crippen MR) is 86.2 cm³/mol. The lowest BCUT2D eigenvalue weighted by atomic mass is 10.1. The van der Waals surface area contributed by atoms with E-state index in [1.54, 1.807) is 42.6 Å². The van der Waals surface area contributed by atoms with Crippen LogP contribution >= 0.6 is 0 Å². The van der Waals surface area contributed by atoms with E-state index in [-0.39, 0.29) is 17.5 Å². The molecular weight excluding hydrogens is 295 g/mol. The maximum Gasteiger partial charge on any atom is 0.258 e. The van der Waals surface area contributed by atoms with Crippen LogP contribution in [-0.4, -0.2) is 15.9 Å². The Morgan fingerprint density at radius 1 is 1.09 bits per heavy atom. The van der Waals surface area contributed by atoms with E-state index in [4.69, 9.17) is 5.73 Å². The van der Waals surface area contributed by atoms with Crippen LogP contribution in [0.5, 0.6) is 0 Å². The van der Waals surface area contributed by atoms with Crippen LogP contribution in [0.15, 0.2) is 60.9 Å². The van der Waals surface area contributed by atoms with E-state index >= 15 is 0 Å². The first kappa shape index (κ1) is 14.6. The normalized spacial score (nSPS) is 10.3. The monoisotopic (exact) mass is 308 g/mol. The average Bonchev–Trinajstić information content (AvgIpc) is 2.58. The van der Waals surface area contributed by atoms with Gasteiger partial charge in [-0.3, -0.25) is 9.78 Å². The van der Waals surface area contributed by atoms with Gasteiger partial charge in [0.25, 0.3) is 5.91 Å². The summed E-state index contributed by atoms with van der Waals surface area (Å²) in [6.45, 7) is 0. The number of nitrogen functional groups attached to an aromatic ring is 1. The molecule has 3 N–H and O–H groups in total. The number of aromatic nitrogens is 2. The number of carbonyl (C=O) groups is 1. The molecule has 0 aliphatic carbocycles. The molecule has 0 saturated carbocycles. The molecule has 2 heterocycles. The van der Waals surface area contributed by atoms with Crippen molar-refractivity contribution in [3.63, 3.8) is 0 Å². The van der Waals surface area contributed by atoms with Gasteiger partial charge in [0.1, 0.15) is 5.82 Å². The molecule has 0 radical (unpaired) electrons. The third-order valence-corrected chi connectivity index (χ3v) is 3.22. The predicted octanol–water partition coefficient (Wildman–Crippen LogP) is 3.12. The van der Waals surface area contributed by atoms with E-state index in [1.165, 1.54) is 18.3 Å². The van der Waals surface area contributed by atoms with Gasteiger partial charge in [-0.1, -0.05) is 0 Å². The molecule has 0 fully saturated rings. The maximum absolute atomic E-state index is 13.0. The molecule has 0 saturated heterocycles. The third kappa shape index (κ3) is 3.32. The minimum absolute atomic E-state index is 0.251. The maximum atomic E-state index is 13.0. The van der Waals surface area contributed by atoms with Crippen LogP contribution in [-0.2, 0) is 0 Å². The van der Waals surface area contributed by atoms with E-state index in [0.717, 1.165) is 5.56 Å². The minimum atomic E-state index is -0.353. The standard InChI is InChI=1S/C17H13FN4O/c18-13-5-3-11(4-6-13)15-8-7-14(19)16(21-15)22-17(23)12-2-1-9-20-10-12/h1-10H,19H2,(H,21,22,23). The highest BCUT2D eigenvalue weighted by Crippen LogP contribution is 2.23. The fourth-order valence-corrected chi connectivity index (χ4v) is 2.03. The molecule has 114 valence electrons. The number of rotatable bonds is 3. The smallest absolute Gasteiger partial charge is 0.258 e. The van der Waals surface area contributed by atoms with Crippen LogP contribution in [0.3, 0.4) is 0 Å². The second-order valence-electron chi connectivity index (χ2n) is 4.84. The van der Waals surface area contributed by atoms with Gasteiger partial charge in [0.15, 0.2) is 5.82 Å². The van der Waals surface area contributed by atoms with E-state index in [9.17, 15) is 9.18 Å². The molecule has 5 nitrogen and oxygen atoms in total. The first-order valence-corrected chi connectivity index (χ1v) is 6.87. The van der Waals surface area contributed by atoms with Crippen LogP contribution in [0, 0.1) is 5.82 Å². The number of amides is 1. The number of nitrogens with two attached hydrogens (primary N) is 1. The van der Waals surface area contributed by atoms with Gasteiger partial charge in [-0.15, -0.1) is 0 Å². The molecular formula is C17H13FN4O. The van der Waals surface area contributed by atoms with Gasteiger partial charge in [-0.05, 0) is 48.5 Å². The Hall–Kier alpha value is -3.28. The van der Waals surface area contributed by atoms with Crippen molar-refractivity contribution in [2.75, 3.05) is 11.1 Å². The van der Waals surface area contributed by atoms with Crippen molar-refractivity contribution < 1.29 is 9.18 Å². The summed E-state index contributed by atoms with van der Waals surface area (Å²) in [5, 5.41) is 2.66. The quantitative estimate of drug-likeness (QED) is 0.779. The number of benzene rings is 1. The van der Waals surface area contributed by atoms with Crippen molar-refractivity contribution in [2.24, 2.45) is 0 Å². The summed E-state index contributed by atoms with van der Waals surface area (Å²) in [7, 11) is 0. The Morgan fingerprint density at radius 2 is 1.87 bits per heavy atom. The molecule has 23 heavy (non-hydrogen) atoms. The van der Waals surface area contributed by atoms with Crippen LogP contribution in [0.2, 0.25) is 0 Å². The zero-order valence-corrected chi connectivity index (χ0v) is 12.0. The fourth-order valence-electron chi connectivity index (χ4n) is 2.03. The number of hydrogen-bond acceptors (Lipinski definition) is 4. The highest BCUT2D eigenvalue weighted by atomic mass is 19.1. The Balaban J connectivity index is 1.89. The van der Waals surface area contributed by atoms with Crippen molar-refractivity contribution in [1.29, 1.82) is 0 Å². The zero-order valence-electron chi connectivity index (χ0n) is 12.0. The number of carbonyl (C=O) groups excluding carboxylic acids is 1. The molecule has 1 aromatic carbocycles. The molecule has 0 aliphatic rings. The molecule has 6 heteroatoms. The summed E-state index contributed by atoms with van der Waals surface area (Å²) in [6, 6.07) is 12.6. The summed E-state index contributed by atoms with van der Waals surface area (Å²) in [4.78, 5) is 20.4. The SMILES string of the molecule is Nc1ccc(-c2ccc(F)cc2)nc1NC(=O)c1cccnc1.